The lowest BCUT2D eigenvalue weighted by molar-refractivity contribution is 0.263. The van der Waals surface area contributed by atoms with Gasteiger partial charge in [-0.2, -0.15) is 0 Å². The summed E-state index contributed by atoms with van der Waals surface area (Å²) >= 11 is 0. The van der Waals surface area contributed by atoms with Crippen molar-refractivity contribution in [2.24, 2.45) is 0 Å². The molecule has 2 unspecified atom stereocenters. The number of benzene rings is 2. The van der Waals surface area contributed by atoms with Gasteiger partial charge in [0.1, 0.15) is 18.5 Å². The van der Waals surface area contributed by atoms with E-state index in [4.69, 9.17) is 14.2 Å². The first-order valence-electron chi connectivity index (χ1n) is 6.76. The first-order valence-corrected chi connectivity index (χ1v) is 6.76. The molecule has 2 aliphatic heterocycles. The van der Waals surface area contributed by atoms with Gasteiger partial charge in [-0.05, 0) is 28.5 Å². The van der Waals surface area contributed by atoms with E-state index < -0.39 is 0 Å². The van der Waals surface area contributed by atoms with E-state index >= 15 is 0 Å². The lowest BCUT2D eigenvalue weighted by Crippen LogP contribution is -2.03. The molecule has 2 heterocycles. The second kappa shape index (κ2) is 4.51. The third kappa shape index (κ3) is 2.57. The highest BCUT2D eigenvalue weighted by Crippen LogP contribution is 2.27. The summed E-state index contributed by atoms with van der Waals surface area (Å²) in [5.41, 5.74) is 1.36. The first kappa shape index (κ1) is 11.3. The molecule has 2 saturated heterocycles. The molecule has 2 aromatic rings. The second-order valence-corrected chi connectivity index (χ2v) is 5.23. The smallest absolute Gasteiger partial charge is 0.120 e. The zero-order valence-electron chi connectivity index (χ0n) is 10.7. The van der Waals surface area contributed by atoms with Crippen molar-refractivity contribution in [1.82, 2.24) is 0 Å². The zero-order chi connectivity index (χ0) is 12.7. The van der Waals surface area contributed by atoms with Gasteiger partial charge in [0.05, 0.1) is 19.3 Å². The topological polar surface area (TPSA) is 34.3 Å². The van der Waals surface area contributed by atoms with Crippen molar-refractivity contribution in [1.29, 1.82) is 0 Å². The molecule has 19 heavy (non-hydrogen) atoms. The minimum Gasteiger partial charge on any atom is -0.491 e. The fourth-order valence-corrected chi connectivity index (χ4v) is 2.38. The molecule has 98 valence electrons. The molecule has 0 amide bonds. The van der Waals surface area contributed by atoms with Crippen LogP contribution >= 0.6 is 0 Å². The Kier molecular flexibility index (Phi) is 2.67. The van der Waals surface area contributed by atoms with Gasteiger partial charge >= 0.3 is 0 Å². The minimum atomic E-state index is 0.300. The maximum absolute atomic E-state index is 5.72. The van der Waals surface area contributed by atoms with Gasteiger partial charge in [0, 0.05) is 6.42 Å². The van der Waals surface area contributed by atoms with Gasteiger partial charge in [-0.3, -0.25) is 0 Å². The highest BCUT2D eigenvalue weighted by Gasteiger charge is 2.24. The third-order valence-electron chi connectivity index (χ3n) is 3.63. The molecular formula is C16H16O3. The SMILES string of the molecule is c1cc(CC2CO2)c2ccc(OCC3CO3)cc2c1. The summed E-state index contributed by atoms with van der Waals surface area (Å²) < 4.78 is 16.2. The summed E-state index contributed by atoms with van der Waals surface area (Å²) in [5.74, 6) is 0.919. The fourth-order valence-electron chi connectivity index (χ4n) is 2.38. The summed E-state index contributed by atoms with van der Waals surface area (Å²) in [6.07, 6.45) is 1.73. The Morgan fingerprint density at radius 1 is 1.05 bits per heavy atom. The van der Waals surface area contributed by atoms with E-state index in [0.717, 1.165) is 25.4 Å². The molecule has 0 radical (unpaired) electrons. The molecule has 0 aromatic heterocycles. The van der Waals surface area contributed by atoms with Crippen LogP contribution in [0.15, 0.2) is 36.4 Å². The number of hydrogen-bond acceptors (Lipinski definition) is 3. The predicted octanol–water partition coefficient (Wildman–Crippen LogP) is 2.56. The Morgan fingerprint density at radius 3 is 2.68 bits per heavy atom. The van der Waals surface area contributed by atoms with Crippen LogP contribution in [0.1, 0.15) is 5.56 Å². The van der Waals surface area contributed by atoms with Gasteiger partial charge in [-0.15, -0.1) is 0 Å². The van der Waals surface area contributed by atoms with Crippen LogP contribution in [0, 0.1) is 0 Å². The first-order chi connectivity index (χ1) is 9.38. The number of fused-ring (bicyclic) bond motifs is 1. The molecule has 0 N–H and O–H groups in total. The monoisotopic (exact) mass is 256 g/mol. The summed E-state index contributed by atoms with van der Waals surface area (Å²) in [6.45, 7) is 2.39. The Bertz CT molecular complexity index is 600. The van der Waals surface area contributed by atoms with Crippen molar-refractivity contribution in [2.75, 3.05) is 19.8 Å². The number of hydrogen-bond donors (Lipinski definition) is 0. The Morgan fingerprint density at radius 2 is 1.89 bits per heavy atom. The molecule has 3 heteroatoms. The molecule has 3 nitrogen and oxygen atoms in total. The van der Waals surface area contributed by atoms with Crippen LogP contribution in [0.3, 0.4) is 0 Å². The molecule has 2 aliphatic rings. The number of rotatable bonds is 5. The Hall–Kier alpha value is -1.58. The highest BCUT2D eigenvalue weighted by molar-refractivity contribution is 5.87. The average Bonchev–Trinajstić information content (AvgIpc) is 3.31. The fraction of sp³-hybridized carbons (Fsp3) is 0.375. The van der Waals surface area contributed by atoms with E-state index in [2.05, 4.69) is 30.3 Å². The Balaban J connectivity index is 1.60. The van der Waals surface area contributed by atoms with Crippen LogP contribution in [-0.4, -0.2) is 32.0 Å². The van der Waals surface area contributed by atoms with Crippen LogP contribution in [-0.2, 0) is 15.9 Å². The van der Waals surface area contributed by atoms with Crippen molar-refractivity contribution in [2.45, 2.75) is 18.6 Å². The van der Waals surface area contributed by atoms with Crippen LogP contribution in [0.4, 0.5) is 0 Å². The van der Waals surface area contributed by atoms with Crippen molar-refractivity contribution in [3.05, 3.63) is 42.0 Å². The molecule has 4 rings (SSSR count). The second-order valence-electron chi connectivity index (χ2n) is 5.23. The summed E-state index contributed by atoms with van der Waals surface area (Å²) in [6, 6.07) is 12.7. The summed E-state index contributed by atoms with van der Waals surface area (Å²) in [4.78, 5) is 0. The van der Waals surface area contributed by atoms with Crippen molar-refractivity contribution < 1.29 is 14.2 Å². The van der Waals surface area contributed by atoms with Gasteiger partial charge in [0.2, 0.25) is 0 Å². The maximum Gasteiger partial charge on any atom is 0.120 e. The molecule has 0 spiro atoms. The third-order valence-corrected chi connectivity index (χ3v) is 3.63. The van der Waals surface area contributed by atoms with Gasteiger partial charge < -0.3 is 14.2 Å². The molecular weight excluding hydrogens is 240 g/mol. The molecule has 0 bridgehead atoms. The van der Waals surface area contributed by atoms with Gasteiger partial charge in [-0.1, -0.05) is 24.3 Å². The van der Waals surface area contributed by atoms with Crippen molar-refractivity contribution >= 4 is 10.8 Å². The minimum absolute atomic E-state index is 0.300. The molecule has 2 aromatic carbocycles. The molecule has 0 saturated carbocycles. The molecule has 0 aliphatic carbocycles. The maximum atomic E-state index is 5.72. The van der Waals surface area contributed by atoms with E-state index in [9.17, 15) is 0 Å². The van der Waals surface area contributed by atoms with Crippen LogP contribution < -0.4 is 4.74 Å². The number of epoxide rings is 2. The largest absolute Gasteiger partial charge is 0.491 e. The predicted molar refractivity (Wildman–Crippen MR) is 72.6 cm³/mol. The number of ether oxygens (including phenoxy) is 3. The molecule has 2 atom stereocenters. The summed E-state index contributed by atoms with van der Waals surface area (Å²) in [5, 5.41) is 2.53. The van der Waals surface area contributed by atoms with Gasteiger partial charge in [0.25, 0.3) is 0 Å². The van der Waals surface area contributed by atoms with E-state index in [-0.39, 0.29) is 0 Å². The summed E-state index contributed by atoms with van der Waals surface area (Å²) in [7, 11) is 0. The van der Waals surface area contributed by atoms with Crippen molar-refractivity contribution in [3.63, 3.8) is 0 Å². The quantitative estimate of drug-likeness (QED) is 0.771. The van der Waals surface area contributed by atoms with Crippen molar-refractivity contribution in [3.8, 4) is 5.75 Å². The lowest BCUT2D eigenvalue weighted by Gasteiger charge is -2.08. The van der Waals surface area contributed by atoms with E-state index in [1.54, 1.807) is 0 Å². The zero-order valence-corrected chi connectivity index (χ0v) is 10.7. The van der Waals surface area contributed by atoms with E-state index in [1.165, 1.54) is 16.3 Å². The lowest BCUT2D eigenvalue weighted by atomic mass is 10.0. The standard InChI is InChI=1S/C16H16O3/c1-2-11-6-13(17-9-15-10-19-15)4-5-16(11)12(3-1)7-14-8-18-14/h1-6,14-15H,7-10H2. The van der Waals surface area contributed by atoms with Gasteiger partial charge in [-0.25, -0.2) is 0 Å². The van der Waals surface area contributed by atoms with Gasteiger partial charge in [0.15, 0.2) is 0 Å². The van der Waals surface area contributed by atoms with Crippen LogP contribution in [0.5, 0.6) is 5.75 Å². The van der Waals surface area contributed by atoms with E-state index in [0.29, 0.717) is 18.8 Å². The van der Waals surface area contributed by atoms with Crippen LogP contribution in [0.2, 0.25) is 0 Å². The molecule has 2 fully saturated rings. The van der Waals surface area contributed by atoms with Crippen LogP contribution in [0.25, 0.3) is 10.8 Å². The highest BCUT2D eigenvalue weighted by atomic mass is 16.6. The Labute approximate surface area is 112 Å². The van der Waals surface area contributed by atoms with E-state index in [1.807, 2.05) is 6.07 Å². The normalized spacial score (nSPS) is 24.4. The average molecular weight is 256 g/mol.